The Morgan fingerprint density at radius 3 is 1.33 bits per heavy atom. The van der Waals surface area contributed by atoms with Crippen molar-refractivity contribution in [2.45, 2.75) is 205 Å². The number of ether oxygens (including phenoxy) is 11. The lowest BCUT2D eigenvalue weighted by molar-refractivity contribution is -0.401. The summed E-state index contributed by atoms with van der Waals surface area (Å²) in [6, 6.07) is -3.54. The number of aliphatic hydroxyl groups excluding tert-OH is 17. The van der Waals surface area contributed by atoms with E-state index in [2.05, 4.69) is 10.6 Å². The molecule has 0 radical (unpaired) electrons. The van der Waals surface area contributed by atoms with Gasteiger partial charge in [-0.15, -0.1) is 0 Å². The summed E-state index contributed by atoms with van der Waals surface area (Å²) in [5.41, 5.74) is 0. The number of hydrogen-bond donors (Lipinski definition) is 19. The van der Waals surface area contributed by atoms with Crippen LogP contribution in [-0.4, -0.2) is 316 Å². The second kappa shape index (κ2) is 25.3. The van der Waals surface area contributed by atoms with E-state index in [1.54, 1.807) is 0 Å². The lowest BCUT2D eigenvalue weighted by Crippen LogP contribution is -2.71. The Morgan fingerprint density at radius 2 is 0.778 bits per heavy atom. The van der Waals surface area contributed by atoms with Crippen LogP contribution in [0.4, 0.5) is 0 Å². The highest BCUT2D eigenvalue weighted by atomic mass is 16.8. The zero-order valence-electron chi connectivity index (χ0n) is 38.8. The van der Waals surface area contributed by atoms with Crippen molar-refractivity contribution in [1.29, 1.82) is 0 Å². The van der Waals surface area contributed by atoms with Crippen molar-refractivity contribution >= 4 is 11.8 Å². The summed E-state index contributed by atoms with van der Waals surface area (Å²) in [5.74, 6) is -1.69. The molecular weight excluding hydrogens is 988 g/mol. The third-order valence-electron chi connectivity index (χ3n) is 13.2. The van der Waals surface area contributed by atoms with E-state index in [-0.39, 0.29) is 0 Å². The Bertz CT molecular complexity index is 1730. The lowest BCUT2D eigenvalue weighted by atomic mass is 9.93. The lowest BCUT2D eigenvalue weighted by Gasteiger charge is -2.52. The molecule has 30 atom stereocenters. The number of carbonyl (C=O) groups excluding carboxylic acids is 2. The molecule has 2 amide bonds. The van der Waals surface area contributed by atoms with Gasteiger partial charge in [0, 0.05) is 13.8 Å². The molecule has 6 aliphatic rings. The van der Waals surface area contributed by atoms with E-state index in [1.807, 2.05) is 0 Å². The van der Waals surface area contributed by atoms with Gasteiger partial charge < -0.3 is 150 Å². The Balaban J connectivity index is 1.37. The van der Waals surface area contributed by atoms with E-state index in [4.69, 9.17) is 52.1 Å². The van der Waals surface area contributed by atoms with E-state index >= 15 is 0 Å². The van der Waals surface area contributed by atoms with Crippen molar-refractivity contribution in [2.24, 2.45) is 0 Å². The Labute approximate surface area is 408 Å². The van der Waals surface area contributed by atoms with Crippen molar-refractivity contribution in [3.63, 3.8) is 0 Å². The SMILES string of the molecule is CC(=O)NC1C(O)[C@@H](O)C(CO)O[C@@H]1OC1C(O[C@@H]2OC(C)[C@@H](O)C(O)C2O)[C@H](OC2C(NC(C)=O)[C@H](OC3C(O)[C@H](O[C@H]4C(CO)O[C@@H](O)C(O)C4O)OC(CO)[C@@H]3O)OC(CO)[C@H]2O)OC(CO)[C@@H]1O. The van der Waals surface area contributed by atoms with Gasteiger partial charge in [0.25, 0.3) is 0 Å². The number of rotatable bonds is 17. The summed E-state index contributed by atoms with van der Waals surface area (Å²) in [7, 11) is 0. The van der Waals surface area contributed by atoms with Gasteiger partial charge in [0.2, 0.25) is 11.8 Å². The molecule has 6 fully saturated rings. The van der Waals surface area contributed by atoms with Crippen LogP contribution in [0.5, 0.6) is 0 Å². The predicted octanol–water partition coefficient (Wildman–Crippen LogP) is -12.8. The van der Waals surface area contributed by atoms with Crippen molar-refractivity contribution in [3.8, 4) is 0 Å². The smallest absolute Gasteiger partial charge is 0.217 e. The fourth-order valence-corrected chi connectivity index (χ4v) is 9.23. The van der Waals surface area contributed by atoms with Crippen molar-refractivity contribution < 1.29 is 149 Å². The van der Waals surface area contributed by atoms with Crippen molar-refractivity contribution in [1.82, 2.24) is 10.6 Å². The van der Waals surface area contributed by atoms with Crippen LogP contribution in [0, 0.1) is 0 Å². The van der Waals surface area contributed by atoms with Crippen LogP contribution in [0.15, 0.2) is 0 Å². The average Bonchev–Trinajstić information content (AvgIpc) is 3.34. The fourth-order valence-electron chi connectivity index (χ4n) is 9.23. The topological polar surface area (TPSA) is 504 Å². The first-order valence-electron chi connectivity index (χ1n) is 23.0. The molecule has 418 valence electrons. The summed E-state index contributed by atoms with van der Waals surface area (Å²) in [6.07, 6.45) is -53.5. The second-order valence-electron chi connectivity index (χ2n) is 18.2. The van der Waals surface area contributed by atoms with Gasteiger partial charge in [-0.3, -0.25) is 9.59 Å². The maximum atomic E-state index is 13.0. The Hall–Kier alpha value is -2.18. The summed E-state index contributed by atoms with van der Waals surface area (Å²) >= 11 is 0. The molecule has 6 saturated heterocycles. The molecule has 0 saturated carbocycles. The van der Waals surface area contributed by atoms with Crippen LogP contribution in [0.3, 0.4) is 0 Å². The van der Waals surface area contributed by atoms with Crippen LogP contribution >= 0.6 is 0 Å². The maximum absolute atomic E-state index is 13.0. The van der Waals surface area contributed by atoms with Gasteiger partial charge in [0.05, 0.1) is 39.1 Å². The zero-order chi connectivity index (χ0) is 53.2. The molecule has 0 aromatic carbocycles. The van der Waals surface area contributed by atoms with E-state index in [0.29, 0.717) is 0 Å². The quantitative estimate of drug-likeness (QED) is 0.0643. The Kier molecular flexibility index (Phi) is 20.8. The highest BCUT2D eigenvalue weighted by molar-refractivity contribution is 5.73. The number of aliphatic hydroxyl groups is 17. The first-order chi connectivity index (χ1) is 34.0. The minimum absolute atomic E-state index is 0.794. The summed E-state index contributed by atoms with van der Waals surface area (Å²) < 4.78 is 64.1. The predicted molar refractivity (Wildman–Crippen MR) is 221 cm³/mol. The van der Waals surface area contributed by atoms with Gasteiger partial charge in [0.1, 0.15) is 140 Å². The maximum Gasteiger partial charge on any atom is 0.217 e. The van der Waals surface area contributed by atoms with Gasteiger partial charge in [-0.2, -0.15) is 0 Å². The van der Waals surface area contributed by atoms with Crippen LogP contribution in [-0.2, 0) is 61.7 Å². The zero-order valence-corrected chi connectivity index (χ0v) is 38.8. The molecule has 32 nitrogen and oxygen atoms in total. The first-order valence-corrected chi connectivity index (χ1v) is 23.0. The first kappa shape index (κ1) is 59.1. The van der Waals surface area contributed by atoms with Crippen molar-refractivity contribution in [2.75, 3.05) is 33.0 Å². The summed E-state index contributed by atoms with van der Waals surface area (Å²) in [4.78, 5) is 25.3. The molecule has 6 heterocycles. The molecule has 0 aliphatic carbocycles. The Morgan fingerprint density at radius 1 is 0.361 bits per heavy atom. The fraction of sp³-hybridized carbons (Fsp3) is 0.950. The molecular formula is C40H68N2O30. The molecule has 19 N–H and O–H groups in total. The molecule has 18 unspecified atom stereocenters. The van der Waals surface area contributed by atoms with Gasteiger partial charge in [0.15, 0.2) is 37.7 Å². The molecule has 0 aromatic heterocycles. The van der Waals surface area contributed by atoms with Crippen LogP contribution < -0.4 is 10.6 Å². The third-order valence-corrected chi connectivity index (χ3v) is 13.2. The standard InChI is InChI=1S/C40H68N2O30/c1-9-19(50)25(56)28(59)38(62-9)72-34-33(71-36-17(41-10(2)48)24(55)20(51)12(4-43)64-36)23(54)15(7-46)67-40(34)69-31-18(42-11(3)49)37(65-13(5-44)21(31)52)70-32-22(53)14(6-45)66-39(29(32)60)68-30-16(8-47)63-35(61)27(58)26(30)57/h9,12-40,43-47,50-61H,4-8H2,1-3H3,(H,41,48)(H,42,49)/t9?,12?,13?,14?,15?,16?,17?,18?,19-,20+,21-,22+,23+,24?,25?,26?,27?,28?,29?,30+,31?,32?,33?,34?,35-,36-,37+,38+,39+,40+/m1/s1. The van der Waals surface area contributed by atoms with E-state index in [1.165, 1.54) is 6.92 Å². The van der Waals surface area contributed by atoms with Gasteiger partial charge in [-0.25, -0.2) is 0 Å². The number of amides is 2. The average molecular weight is 1060 g/mol. The van der Waals surface area contributed by atoms with Gasteiger partial charge in [-0.1, -0.05) is 0 Å². The van der Waals surface area contributed by atoms with E-state index in [9.17, 15) is 96.4 Å². The van der Waals surface area contributed by atoms with Gasteiger partial charge >= 0.3 is 0 Å². The molecule has 6 aliphatic heterocycles. The van der Waals surface area contributed by atoms with Crippen LogP contribution in [0.25, 0.3) is 0 Å². The molecule has 0 bridgehead atoms. The number of nitrogens with one attached hydrogen (secondary N) is 2. The summed E-state index contributed by atoms with van der Waals surface area (Å²) in [6.45, 7) is -1.67. The van der Waals surface area contributed by atoms with Crippen molar-refractivity contribution in [3.05, 3.63) is 0 Å². The van der Waals surface area contributed by atoms with Gasteiger partial charge in [-0.05, 0) is 6.92 Å². The third kappa shape index (κ3) is 12.5. The van der Waals surface area contributed by atoms with Crippen LogP contribution in [0.1, 0.15) is 20.8 Å². The largest absolute Gasteiger partial charge is 0.394 e. The van der Waals surface area contributed by atoms with Crippen LogP contribution in [0.2, 0.25) is 0 Å². The molecule has 0 spiro atoms. The second-order valence-corrected chi connectivity index (χ2v) is 18.2. The van der Waals surface area contributed by atoms with E-state index < -0.39 is 229 Å². The molecule has 0 aromatic rings. The molecule has 32 heteroatoms. The van der Waals surface area contributed by atoms with E-state index in [0.717, 1.165) is 13.8 Å². The highest BCUT2D eigenvalue weighted by Crippen LogP contribution is 2.38. The minimum atomic E-state index is -2.19. The molecule has 72 heavy (non-hydrogen) atoms. The highest BCUT2D eigenvalue weighted by Gasteiger charge is 2.59. The minimum Gasteiger partial charge on any atom is -0.394 e. The number of hydrogen-bond acceptors (Lipinski definition) is 30. The normalized spacial score (nSPS) is 50.3. The molecule has 6 rings (SSSR count). The summed E-state index contributed by atoms with van der Waals surface area (Å²) in [5, 5.41) is 187. The monoisotopic (exact) mass is 1060 g/mol. The number of carbonyl (C=O) groups is 2.